The van der Waals surface area contributed by atoms with Crippen LogP contribution in [0, 0.1) is 11.3 Å². The first kappa shape index (κ1) is 8.24. The third kappa shape index (κ3) is 1.28. The van der Waals surface area contributed by atoms with E-state index < -0.39 is 0 Å². The first-order valence-electron chi connectivity index (χ1n) is 4.78. The van der Waals surface area contributed by atoms with Crippen molar-refractivity contribution in [3.8, 4) is 0 Å². The Hall–Kier alpha value is -0.370. The van der Waals surface area contributed by atoms with Gasteiger partial charge >= 0.3 is 0 Å². The topological polar surface area (TPSA) is 20.3 Å². The zero-order valence-electron chi connectivity index (χ0n) is 7.97. The van der Waals surface area contributed by atoms with Crippen molar-refractivity contribution in [3.05, 3.63) is 0 Å². The van der Waals surface area contributed by atoms with Gasteiger partial charge in [-0.25, -0.2) is 0 Å². The van der Waals surface area contributed by atoms with Crippen LogP contribution in [0.4, 0.5) is 0 Å². The number of likely N-dealkylation sites (tertiary alicyclic amines) is 1. The Balaban J connectivity index is 1.74. The van der Waals surface area contributed by atoms with Gasteiger partial charge in [0.05, 0.1) is 0 Å². The van der Waals surface area contributed by atoms with E-state index in [1.54, 1.807) is 6.92 Å². The number of Topliss-reactive ketones (excluding diaryl/α,β-unsaturated/α-hetero) is 1. The lowest BCUT2D eigenvalue weighted by molar-refractivity contribution is -0.124. The van der Waals surface area contributed by atoms with E-state index in [1.165, 1.54) is 25.9 Å². The molecular formula is C10H17NO. The molecule has 0 amide bonds. The summed E-state index contributed by atoms with van der Waals surface area (Å²) in [5.41, 5.74) is 0.648. The first-order chi connectivity index (χ1) is 5.60. The summed E-state index contributed by atoms with van der Waals surface area (Å²) < 4.78 is 0. The fourth-order valence-corrected chi connectivity index (χ4v) is 3.07. The van der Waals surface area contributed by atoms with E-state index in [-0.39, 0.29) is 0 Å². The van der Waals surface area contributed by atoms with E-state index in [0.717, 1.165) is 12.3 Å². The molecule has 1 heterocycles. The molecule has 1 saturated carbocycles. The SMILES string of the molecule is CC(=O)CC1CC2(C1)CN(C)C2. The molecule has 1 aliphatic heterocycles. The van der Waals surface area contributed by atoms with E-state index in [9.17, 15) is 4.79 Å². The second kappa shape index (κ2) is 2.56. The summed E-state index contributed by atoms with van der Waals surface area (Å²) >= 11 is 0. The number of hydrogen-bond acceptors (Lipinski definition) is 2. The van der Waals surface area contributed by atoms with Crippen molar-refractivity contribution in [2.24, 2.45) is 11.3 Å². The summed E-state index contributed by atoms with van der Waals surface area (Å²) in [6.07, 6.45) is 3.43. The highest BCUT2D eigenvalue weighted by Crippen LogP contribution is 2.52. The van der Waals surface area contributed by atoms with Crippen LogP contribution in [0.3, 0.4) is 0 Å². The molecule has 0 radical (unpaired) electrons. The molecule has 0 bridgehead atoms. The van der Waals surface area contributed by atoms with Crippen LogP contribution in [0.5, 0.6) is 0 Å². The maximum atomic E-state index is 10.8. The van der Waals surface area contributed by atoms with E-state index in [2.05, 4.69) is 11.9 Å². The Morgan fingerprint density at radius 2 is 2.08 bits per heavy atom. The van der Waals surface area contributed by atoms with Crippen LogP contribution >= 0.6 is 0 Å². The van der Waals surface area contributed by atoms with E-state index in [0.29, 0.717) is 11.2 Å². The van der Waals surface area contributed by atoms with Crippen molar-refractivity contribution >= 4 is 5.78 Å². The number of nitrogens with zero attached hydrogens (tertiary/aromatic N) is 1. The van der Waals surface area contributed by atoms with Gasteiger partial charge in [0.15, 0.2) is 0 Å². The second-order valence-corrected chi connectivity index (χ2v) is 4.85. The molecule has 68 valence electrons. The molecule has 0 aromatic carbocycles. The monoisotopic (exact) mass is 167 g/mol. The largest absolute Gasteiger partial charge is 0.305 e. The lowest BCUT2D eigenvalue weighted by atomic mass is 9.57. The Bertz CT molecular complexity index is 198. The molecule has 2 heteroatoms. The summed E-state index contributed by atoms with van der Waals surface area (Å²) in [6.45, 7) is 4.24. The zero-order valence-corrected chi connectivity index (χ0v) is 7.97. The maximum Gasteiger partial charge on any atom is 0.130 e. The fraction of sp³-hybridized carbons (Fsp3) is 0.900. The molecule has 2 fully saturated rings. The van der Waals surface area contributed by atoms with E-state index >= 15 is 0 Å². The van der Waals surface area contributed by atoms with Crippen molar-refractivity contribution in [3.63, 3.8) is 0 Å². The summed E-state index contributed by atoms with van der Waals surface area (Å²) in [6, 6.07) is 0. The van der Waals surface area contributed by atoms with Crippen molar-refractivity contribution in [2.75, 3.05) is 20.1 Å². The Morgan fingerprint density at radius 3 is 2.50 bits per heavy atom. The third-order valence-electron chi connectivity index (χ3n) is 3.23. The molecule has 0 unspecified atom stereocenters. The Kier molecular flexibility index (Phi) is 1.76. The van der Waals surface area contributed by atoms with Crippen LogP contribution in [-0.4, -0.2) is 30.8 Å². The van der Waals surface area contributed by atoms with Gasteiger partial charge in [0.1, 0.15) is 5.78 Å². The summed E-state index contributed by atoms with van der Waals surface area (Å²) in [5, 5.41) is 0. The molecule has 2 aliphatic rings. The molecule has 0 N–H and O–H groups in total. The van der Waals surface area contributed by atoms with Crippen molar-refractivity contribution < 1.29 is 4.79 Å². The van der Waals surface area contributed by atoms with Crippen molar-refractivity contribution in [2.45, 2.75) is 26.2 Å². The zero-order chi connectivity index (χ0) is 8.77. The van der Waals surface area contributed by atoms with Crippen LogP contribution in [-0.2, 0) is 4.79 Å². The third-order valence-corrected chi connectivity index (χ3v) is 3.23. The van der Waals surface area contributed by atoms with Crippen molar-refractivity contribution in [1.29, 1.82) is 0 Å². The minimum absolute atomic E-state index is 0.363. The standard InChI is InChI=1S/C10H17NO/c1-8(12)3-9-4-10(5-9)6-11(2)7-10/h9H,3-7H2,1-2H3. The molecule has 2 nitrogen and oxygen atoms in total. The van der Waals surface area contributed by atoms with Crippen LogP contribution in [0.25, 0.3) is 0 Å². The lowest BCUT2D eigenvalue weighted by Gasteiger charge is -2.58. The average Bonchev–Trinajstić information content (AvgIpc) is 1.78. The van der Waals surface area contributed by atoms with Gasteiger partial charge < -0.3 is 9.69 Å². The summed E-state index contributed by atoms with van der Waals surface area (Å²) in [4.78, 5) is 13.2. The number of carbonyl (C=O) groups is 1. The van der Waals surface area contributed by atoms with Crippen LogP contribution in [0.2, 0.25) is 0 Å². The molecule has 1 aliphatic carbocycles. The Labute approximate surface area is 73.9 Å². The smallest absolute Gasteiger partial charge is 0.130 e. The maximum absolute atomic E-state index is 10.8. The Morgan fingerprint density at radius 1 is 1.50 bits per heavy atom. The molecule has 0 aromatic heterocycles. The predicted molar refractivity (Wildman–Crippen MR) is 48.0 cm³/mol. The van der Waals surface area contributed by atoms with Gasteiger partial charge in [-0.2, -0.15) is 0 Å². The molecular weight excluding hydrogens is 150 g/mol. The quantitative estimate of drug-likeness (QED) is 0.618. The van der Waals surface area contributed by atoms with Gasteiger partial charge in [-0.15, -0.1) is 0 Å². The molecule has 2 rings (SSSR count). The second-order valence-electron chi connectivity index (χ2n) is 4.85. The van der Waals surface area contributed by atoms with Gasteiger partial charge in [0.25, 0.3) is 0 Å². The highest BCUT2D eigenvalue weighted by molar-refractivity contribution is 5.75. The molecule has 12 heavy (non-hydrogen) atoms. The van der Waals surface area contributed by atoms with Gasteiger partial charge in [0, 0.05) is 19.5 Å². The van der Waals surface area contributed by atoms with E-state index in [4.69, 9.17) is 0 Å². The van der Waals surface area contributed by atoms with Gasteiger partial charge in [-0.3, -0.25) is 0 Å². The van der Waals surface area contributed by atoms with Crippen LogP contribution < -0.4 is 0 Å². The number of rotatable bonds is 2. The molecule has 1 saturated heterocycles. The minimum Gasteiger partial charge on any atom is -0.305 e. The normalized spacial score (nSPS) is 28.2. The summed E-state index contributed by atoms with van der Waals surface area (Å²) in [7, 11) is 2.17. The number of ketones is 1. The summed E-state index contributed by atoms with van der Waals surface area (Å²) in [5.74, 6) is 1.08. The predicted octanol–water partition coefficient (Wildman–Crippen LogP) is 1.31. The number of carbonyl (C=O) groups excluding carboxylic acids is 1. The molecule has 1 spiro atoms. The fourth-order valence-electron chi connectivity index (χ4n) is 3.07. The van der Waals surface area contributed by atoms with Crippen LogP contribution in [0.15, 0.2) is 0 Å². The minimum atomic E-state index is 0.363. The average molecular weight is 167 g/mol. The van der Waals surface area contributed by atoms with Crippen molar-refractivity contribution in [1.82, 2.24) is 4.90 Å². The molecule has 0 atom stereocenters. The number of hydrogen-bond donors (Lipinski definition) is 0. The lowest BCUT2D eigenvalue weighted by Crippen LogP contribution is -2.60. The highest BCUT2D eigenvalue weighted by Gasteiger charge is 2.50. The van der Waals surface area contributed by atoms with E-state index in [1.807, 2.05) is 0 Å². The van der Waals surface area contributed by atoms with Gasteiger partial charge in [-0.05, 0) is 38.1 Å². The molecule has 0 aromatic rings. The van der Waals surface area contributed by atoms with Gasteiger partial charge in [0.2, 0.25) is 0 Å². The first-order valence-corrected chi connectivity index (χ1v) is 4.78. The van der Waals surface area contributed by atoms with Crippen LogP contribution in [0.1, 0.15) is 26.2 Å². The van der Waals surface area contributed by atoms with Gasteiger partial charge in [-0.1, -0.05) is 0 Å². The highest BCUT2D eigenvalue weighted by atomic mass is 16.1.